The van der Waals surface area contributed by atoms with E-state index in [0.717, 1.165) is 0 Å². The van der Waals surface area contributed by atoms with Gasteiger partial charge < -0.3 is 5.32 Å². The number of halogens is 1. The highest BCUT2D eigenvalue weighted by Crippen LogP contribution is 2.18. The molecule has 0 unspecified atom stereocenters. The van der Waals surface area contributed by atoms with Gasteiger partial charge >= 0.3 is 0 Å². The summed E-state index contributed by atoms with van der Waals surface area (Å²) in [5.74, 6) is 0.353. The molecule has 0 aliphatic carbocycles. The van der Waals surface area contributed by atoms with Gasteiger partial charge in [0.2, 0.25) is 0 Å². The Bertz CT molecular complexity index is 592. The standard InChI is InChI=1S/C13H16ClN3OS/c1-9(2)8-17-13(18)12(14)11(7-16-17)15-6-10-4-3-5-19-10/h3-5,7,9,15H,6,8H2,1-2H3. The zero-order valence-electron chi connectivity index (χ0n) is 10.9. The number of nitrogens with one attached hydrogen (secondary N) is 1. The van der Waals surface area contributed by atoms with Crippen molar-refractivity contribution in [3.8, 4) is 0 Å². The number of anilines is 1. The number of thiophene rings is 1. The number of aromatic nitrogens is 2. The van der Waals surface area contributed by atoms with Gasteiger partial charge in [-0.2, -0.15) is 5.10 Å². The van der Waals surface area contributed by atoms with Crippen molar-refractivity contribution in [3.05, 3.63) is 44.0 Å². The lowest BCUT2D eigenvalue weighted by molar-refractivity contribution is 0.464. The normalized spacial score (nSPS) is 10.9. The summed E-state index contributed by atoms with van der Waals surface area (Å²) in [6, 6.07) is 4.02. The molecule has 2 aromatic heterocycles. The van der Waals surface area contributed by atoms with Crippen LogP contribution in [0.5, 0.6) is 0 Å². The summed E-state index contributed by atoms with van der Waals surface area (Å²) in [6.07, 6.45) is 1.61. The molecular weight excluding hydrogens is 282 g/mol. The van der Waals surface area contributed by atoms with Crippen molar-refractivity contribution in [1.82, 2.24) is 9.78 Å². The first-order valence-corrected chi connectivity index (χ1v) is 7.35. The number of rotatable bonds is 5. The highest BCUT2D eigenvalue weighted by molar-refractivity contribution is 7.09. The molecule has 6 heteroatoms. The van der Waals surface area contributed by atoms with Crippen molar-refractivity contribution in [1.29, 1.82) is 0 Å². The van der Waals surface area contributed by atoms with Crippen LogP contribution in [0.25, 0.3) is 0 Å². The summed E-state index contributed by atoms with van der Waals surface area (Å²) in [5.41, 5.74) is 0.339. The Kier molecular flexibility index (Phi) is 4.61. The van der Waals surface area contributed by atoms with Gasteiger partial charge in [0.15, 0.2) is 0 Å². The van der Waals surface area contributed by atoms with Crippen molar-refractivity contribution in [3.63, 3.8) is 0 Å². The maximum absolute atomic E-state index is 12.0. The number of hydrogen-bond donors (Lipinski definition) is 1. The summed E-state index contributed by atoms with van der Waals surface area (Å²) in [7, 11) is 0. The zero-order chi connectivity index (χ0) is 13.8. The molecule has 0 bridgehead atoms. The maximum atomic E-state index is 12.0. The fourth-order valence-corrected chi connectivity index (χ4v) is 2.52. The largest absolute Gasteiger partial charge is 0.377 e. The molecule has 0 aromatic carbocycles. The van der Waals surface area contributed by atoms with Crippen LogP contribution in [0.1, 0.15) is 18.7 Å². The number of nitrogens with zero attached hydrogens (tertiary/aromatic N) is 2. The highest BCUT2D eigenvalue weighted by Gasteiger charge is 2.10. The van der Waals surface area contributed by atoms with E-state index in [1.54, 1.807) is 17.5 Å². The minimum absolute atomic E-state index is 0.201. The van der Waals surface area contributed by atoms with Crippen LogP contribution in [-0.2, 0) is 13.1 Å². The highest BCUT2D eigenvalue weighted by atomic mass is 35.5. The Hall–Kier alpha value is -1.33. The molecule has 2 heterocycles. The van der Waals surface area contributed by atoms with Crippen molar-refractivity contribution in [2.24, 2.45) is 5.92 Å². The molecule has 0 atom stereocenters. The lowest BCUT2D eigenvalue weighted by Crippen LogP contribution is -2.26. The summed E-state index contributed by atoms with van der Waals surface area (Å²) in [4.78, 5) is 13.2. The third-order valence-corrected chi connectivity index (χ3v) is 3.80. The molecule has 0 radical (unpaired) electrons. The van der Waals surface area contributed by atoms with E-state index in [2.05, 4.69) is 10.4 Å². The molecular formula is C13H16ClN3OS. The van der Waals surface area contributed by atoms with Gasteiger partial charge in [-0.05, 0) is 17.4 Å². The molecule has 0 spiro atoms. The topological polar surface area (TPSA) is 46.9 Å². The van der Waals surface area contributed by atoms with E-state index in [4.69, 9.17) is 11.6 Å². The van der Waals surface area contributed by atoms with Crippen LogP contribution in [0.4, 0.5) is 5.69 Å². The molecule has 0 aliphatic heterocycles. The molecule has 0 amide bonds. The third kappa shape index (κ3) is 3.58. The average Bonchev–Trinajstić information content (AvgIpc) is 2.87. The minimum atomic E-state index is -0.244. The van der Waals surface area contributed by atoms with Gasteiger partial charge in [0.1, 0.15) is 5.02 Å². The van der Waals surface area contributed by atoms with Gasteiger partial charge in [-0.15, -0.1) is 11.3 Å². The minimum Gasteiger partial charge on any atom is -0.377 e. The molecule has 0 saturated heterocycles. The molecule has 1 N–H and O–H groups in total. The average molecular weight is 298 g/mol. The van der Waals surface area contributed by atoms with E-state index in [1.165, 1.54) is 9.56 Å². The van der Waals surface area contributed by atoms with E-state index in [-0.39, 0.29) is 10.6 Å². The Balaban J connectivity index is 2.14. The van der Waals surface area contributed by atoms with Crippen LogP contribution >= 0.6 is 22.9 Å². The Labute approximate surface area is 121 Å². The Morgan fingerprint density at radius 2 is 2.32 bits per heavy atom. The maximum Gasteiger partial charge on any atom is 0.287 e. The van der Waals surface area contributed by atoms with Crippen LogP contribution in [-0.4, -0.2) is 9.78 Å². The third-order valence-electron chi connectivity index (χ3n) is 2.56. The molecule has 0 aliphatic rings. The summed E-state index contributed by atoms with van der Waals surface area (Å²) in [6.45, 7) is 5.28. The smallest absolute Gasteiger partial charge is 0.287 e. The summed E-state index contributed by atoms with van der Waals surface area (Å²) < 4.78 is 1.41. The van der Waals surface area contributed by atoms with Crippen molar-refractivity contribution in [2.75, 3.05) is 5.32 Å². The predicted octanol–water partition coefficient (Wildman–Crippen LogP) is 3.23. The van der Waals surface area contributed by atoms with Crippen LogP contribution in [0, 0.1) is 5.92 Å². The molecule has 2 rings (SSSR count). The summed E-state index contributed by atoms with van der Waals surface area (Å²) in [5, 5.41) is 9.49. The molecule has 2 aromatic rings. The molecule has 0 fully saturated rings. The van der Waals surface area contributed by atoms with Gasteiger partial charge in [-0.25, -0.2) is 4.68 Å². The van der Waals surface area contributed by atoms with Gasteiger partial charge in [0, 0.05) is 18.0 Å². The van der Waals surface area contributed by atoms with E-state index < -0.39 is 0 Å². The van der Waals surface area contributed by atoms with Gasteiger partial charge in [-0.1, -0.05) is 31.5 Å². The fourth-order valence-electron chi connectivity index (χ4n) is 1.66. The van der Waals surface area contributed by atoms with Crippen LogP contribution in [0.3, 0.4) is 0 Å². The molecule has 102 valence electrons. The fraction of sp³-hybridized carbons (Fsp3) is 0.385. The quantitative estimate of drug-likeness (QED) is 0.922. The number of hydrogen-bond acceptors (Lipinski definition) is 4. The molecule has 0 saturated carbocycles. The van der Waals surface area contributed by atoms with Crippen molar-refractivity contribution in [2.45, 2.75) is 26.9 Å². The first-order valence-electron chi connectivity index (χ1n) is 6.10. The van der Waals surface area contributed by atoms with Crippen LogP contribution < -0.4 is 10.9 Å². The van der Waals surface area contributed by atoms with Crippen LogP contribution in [0.15, 0.2) is 28.5 Å². The van der Waals surface area contributed by atoms with E-state index in [1.807, 2.05) is 31.4 Å². The van der Waals surface area contributed by atoms with Crippen molar-refractivity contribution < 1.29 is 0 Å². The Morgan fingerprint density at radius 3 is 2.95 bits per heavy atom. The SMILES string of the molecule is CC(C)Cn1ncc(NCc2cccs2)c(Cl)c1=O. The van der Waals surface area contributed by atoms with Gasteiger partial charge in [0.25, 0.3) is 5.56 Å². The first-order chi connectivity index (χ1) is 9.08. The van der Waals surface area contributed by atoms with E-state index >= 15 is 0 Å². The van der Waals surface area contributed by atoms with Crippen molar-refractivity contribution >= 4 is 28.6 Å². The van der Waals surface area contributed by atoms with Crippen LogP contribution in [0.2, 0.25) is 5.02 Å². The predicted molar refractivity (Wildman–Crippen MR) is 80.0 cm³/mol. The summed E-state index contributed by atoms with van der Waals surface area (Å²) >= 11 is 7.74. The van der Waals surface area contributed by atoms with E-state index in [9.17, 15) is 4.79 Å². The second-order valence-corrected chi connectivity index (χ2v) is 6.10. The second kappa shape index (κ2) is 6.21. The lowest BCUT2D eigenvalue weighted by Gasteiger charge is -2.11. The molecule has 4 nitrogen and oxygen atoms in total. The van der Waals surface area contributed by atoms with E-state index in [0.29, 0.717) is 24.7 Å². The second-order valence-electron chi connectivity index (χ2n) is 4.69. The van der Waals surface area contributed by atoms with Gasteiger partial charge in [0.05, 0.1) is 11.9 Å². The molecule has 19 heavy (non-hydrogen) atoms. The monoisotopic (exact) mass is 297 g/mol. The Morgan fingerprint density at radius 1 is 1.53 bits per heavy atom. The first kappa shape index (κ1) is 14.1. The van der Waals surface area contributed by atoms with Gasteiger partial charge in [-0.3, -0.25) is 4.79 Å². The lowest BCUT2D eigenvalue weighted by atomic mass is 10.2. The zero-order valence-corrected chi connectivity index (χ0v) is 12.5.